The number of amidine groups is 1. The molecule has 0 unspecified atom stereocenters. The summed E-state index contributed by atoms with van der Waals surface area (Å²) < 4.78 is 0. The molecule has 1 N–H and O–H groups in total. The molecule has 0 saturated heterocycles. The van der Waals surface area contributed by atoms with E-state index in [1.165, 1.54) is 0 Å². The highest BCUT2D eigenvalue weighted by atomic mass is 14.9. The van der Waals surface area contributed by atoms with Crippen molar-refractivity contribution in [3.8, 4) is 0 Å². The Morgan fingerprint density at radius 2 is 2.43 bits per heavy atom. The van der Waals surface area contributed by atoms with Crippen LogP contribution in [-0.4, -0.2) is 19.9 Å². The third kappa shape index (κ3) is 2.20. The second-order valence-corrected chi connectivity index (χ2v) is 1.27. The molecule has 0 aromatic rings. The van der Waals surface area contributed by atoms with Crippen molar-refractivity contribution in [1.29, 1.82) is 0 Å². The lowest BCUT2D eigenvalue weighted by atomic mass is 10.4. The van der Waals surface area contributed by atoms with Crippen molar-refractivity contribution < 1.29 is 1.43 Å². The number of hydrogen-bond donors (Lipinski definition) is 1. The quantitative estimate of drug-likeness (QED) is 0.386. The standard InChI is InChI=1S/C5H12N2.H2/c1-4-5(6-2)7-3;/h4H2,1-3H3,(H,6,7);1H. The molecule has 0 aromatic heterocycles. The van der Waals surface area contributed by atoms with E-state index in [0.29, 0.717) is 0 Å². The maximum atomic E-state index is 3.93. The van der Waals surface area contributed by atoms with E-state index in [1.807, 2.05) is 7.05 Å². The van der Waals surface area contributed by atoms with E-state index in [2.05, 4.69) is 17.2 Å². The van der Waals surface area contributed by atoms with Gasteiger partial charge in [0.25, 0.3) is 0 Å². The minimum absolute atomic E-state index is 0. The monoisotopic (exact) mass is 102 g/mol. The summed E-state index contributed by atoms with van der Waals surface area (Å²) in [5.74, 6) is 1.06. The molecular formula is C5H14N2. The molecule has 0 rings (SSSR count). The lowest BCUT2D eigenvalue weighted by molar-refractivity contribution is 1.07. The highest BCUT2D eigenvalue weighted by molar-refractivity contribution is 5.81. The van der Waals surface area contributed by atoms with Gasteiger partial charge >= 0.3 is 0 Å². The van der Waals surface area contributed by atoms with Crippen LogP contribution in [0.1, 0.15) is 14.8 Å². The van der Waals surface area contributed by atoms with Gasteiger partial charge in [0, 0.05) is 21.9 Å². The van der Waals surface area contributed by atoms with Gasteiger partial charge in [-0.05, 0) is 0 Å². The summed E-state index contributed by atoms with van der Waals surface area (Å²) >= 11 is 0. The molecule has 0 atom stereocenters. The van der Waals surface area contributed by atoms with Crippen molar-refractivity contribution in [2.24, 2.45) is 4.99 Å². The molecule has 44 valence electrons. The van der Waals surface area contributed by atoms with Crippen LogP contribution < -0.4 is 5.32 Å². The number of nitrogens with zero attached hydrogens (tertiary/aromatic N) is 1. The molecule has 2 nitrogen and oxygen atoms in total. The van der Waals surface area contributed by atoms with Gasteiger partial charge in [-0.3, -0.25) is 4.99 Å². The third-order valence-electron chi connectivity index (χ3n) is 0.893. The van der Waals surface area contributed by atoms with Gasteiger partial charge in [-0.25, -0.2) is 0 Å². The van der Waals surface area contributed by atoms with Gasteiger partial charge in [-0.2, -0.15) is 0 Å². The Morgan fingerprint density at radius 1 is 1.86 bits per heavy atom. The average Bonchev–Trinajstić information content (AvgIpc) is 1.72. The Morgan fingerprint density at radius 3 is 2.43 bits per heavy atom. The van der Waals surface area contributed by atoms with E-state index in [-0.39, 0.29) is 1.43 Å². The molecule has 0 aliphatic carbocycles. The number of nitrogens with one attached hydrogen (secondary N) is 1. The van der Waals surface area contributed by atoms with Crippen LogP contribution in [-0.2, 0) is 0 Å². The lowest BCUT2D eigenvalue weighted by Crippen LogP contribution is -2.16. The van der Waals surface area contributed by atoms with E-state index in [0.717, 1.165) is 12.3 Å². The van der Waals surface area contributed by atoms with Crippen molar-refractivity contribution in [3.63, 3.8) is 0 Å². The molecule has 0 fully saturated rings. The first-order valence-electron chi connectivity index (χ1n) is 2.48. The van der Waals surface area contributed by atoms with E-state index in [4.69, 9.17) is 0 Å². The van der Waals surface area contributed by atoms with Crippen LogP contribution >= 0.6 is 0 Å². The molecular weight excluding hydrogens is 88.1 g/mol. The van der Waals surface area contributed by atoms with Crippen LogP contribution in [0.15, 0.2) is 4.99 Å². The van der Waals surface area contributed by atoms with Gasteiger partial charge in [0.15, 0.2) is 0 Å². The maximum Gasteiger partial charge on any atom is 0.0954 e. The van der Waals surface area contributed by atoms with Gasteiger partial charge in [-0.15, -0.1) is 0 Å². The maximum absolute atomic E-state index is 3.93. The van der Waals surface area contributed by atoms with Crippen molar-refractivity contribution in [1.82, 2.24) is 5.32 Å². The molecule has 0 heterocycles. The van der Waals surface area contributed by atoms with Gasteiger partial charge < -0.3 is 5.32 Å². The van der Waals surface area contributed by atoms with Crippen LogP contribution in [0, 0.1) is 0 Å². The Hall–Kier alpha value is -0.530. The molecule has 2 heteroatoms. The minimum atomic E-state index is 0. The largest absolute Gasteiger partial charge is 0.377 e. The Kier molecular flexibility index (Phi) is 3.38. The van der Waals surface area contributed by atoms with E-state index < -0.39 is 0 Å². The first-order valence-corrected chi connectivity index (χ1v) is 2.48. The van der Waals surface area contributed by atoms with E-state index in [1.54, 1.807) is 7.05 Å². The molecule has 0 aliphatic heterocycles. The molecule has 0 amide bonds. The highest BCUT2D eigenvalue weighted by Gasteiger charge is 1.82. The predicted molar refractivity (Wildman–Crippen MR) is 34.8 cm³/mol. The van der Waals surface area contributed by atoms with Crippen LogP contribution in [0.4, 0.5) is 0 Å². The molecule has 0 saturated carbocycles. The van der Waals surface area contributed by atoms with Crippen molar-refractivity contribution in [2.75, 3.05) is 14.1 Å². The van der Waals surface area contributed by atoms with Gasteiger partial charge in [0.1, 0.15) is 0 Å². The van der Waals surface area contributed by atoms with Gasteiger partial charge in [-0.1, -0.05) is 6.92 Å². The fourth-order valence-corrected chi connectivity index (χ4v) is 0.447. The van der Waals surface area contributed by atoms with Crippen LogP contribution in [0.2, 0.25) is 0 Å². The second-order valence-electron chi connectivity index (χ2n) is 1.27. The first-order chi connectivity index (χ1) is 3.35. The second kappa shape index (κ2) is 3.65. The Bertz CT molecular complexity index is 64.8. The SMILES string of the molecule is CCC(=NC)NC.[HH]. The highest BCUT2D eigenvalue weighted by Crippen LogP contribution is 1.75. The average molecular weight is 102 g/mol. The summed E-state index contributed by atoms with van der Waals surface area (Å²) in [6, 6.07) is 0. The summed E-state index contributed by atoms with van der Waals surface area (Å²) in [4.78, 5) is 3.93. The molecule has 0 spiro atoms. The summed E-state index contributed by atoms with van der Waals surface area (Å²) in [7, 11) is 3.67. The zero-order chi connectivity index (χ0) is 5.70. The zero-order valence-corrected chi connectivity index (χ0v) is 5.15. The number of hydrogen-bond acceptors (Lipinski definition) is 1. The van der Waals surface area contributed by atoms with E-state index >= 15 is 0 Å². The molecule has 0 bridgehead atoms. The predicted octanol–water partition coefficient (Wildman–Crippen LogP) is 0.890. The zero-order valence-electron chi connectivity index (χ0n) is 5.15. The number of aliphatic imine (C=N–C) groups is 1. The summed E-state index contributed by atoms with van der Waals surface area (Å²) in [5.41, 5.74) is 0. The normalized spacial score (nSPS) is 11.6. The van der Waals surface area contributed by atoms with Crippen LogP contribution in [0.5, 0.6) is 0 Å². The summed E-state index contributed by atoms with van der Waals surface area (Å²) in [6.45, 7) is 2.07. The minimum Gasteiger partial charge on any atom is -0.377 e. The van der Waals surface area contributed by atoms with E-state index in [9.17, 15) is 0 Å². The fraction of sp³-hybridized carbons (Fsp3) is 0.800. The fourth-order valence-electron chi connectivity index (χ4n) is 0.447. The lowest BCUT2D eigenvalue weighted by Gasteiger charge is -1.96. The Balaban J connectivity index is 0. The van der Waals surface area contributed by atoms with Crippen molar-refractivity contribution in [3.05, 3.63) is 0 Å². The van der Waals surface area contributed by atoms with Crippen molar-refractivity contribution >= 4 is 5.84 Å². The molecule has 0 radical (unpaired) electrons. The summed E-state index contributed by atoms with van der Waals surface area (Å²) in [6.07, 6.45) is 0.993. The first kappa shape index (κ1) is 6.47. The number of rotatable bonds is 1. The molecule has 0 aliphatic rings. The summed E-state index contributed by atoms with van der Waals surface area (Å²) in [5, 5.41) is 2.95. The Labute approximate surface area is 46.1 Å². The molecule has 0 aromatic carbocycles. The van der Waals surface area contributed by atoms with Gasteiger partial charge in [0.05, 0.1) is 5.84 Å². The molecule has 7 heavy (non-hydrogen) atoms. The van der Waals surface area contributed by atoms with Crippen LogP contribution in [0.3, 0.4) is 0 Å². The van der Waals surface area contributed by atoms with Gasteiger partial charge in [0.2, 0.25) is 0 Å². The smallest absolute Gasteiger partial charge is 0.0954 e. The third-order valence-corrected chi connectivity index (χ3v) is 0.893. The van der Waals surface area contributed by atoms with Crippen LogP contribution in [0.25, 0.3) is 0 Å². The topological polar surface area (TPSA) is 24.4 Å². The van der Waals surface area contributed by atoms with Crippen molar-refractivity contribution in [2.45, 2.75) is 13.3 Å².